The van der Waals surface area contributed by atoms with Crippen molar-refractivity contribution in [2.45, 2.75) is 23.9 Å². The lowest BCUT2D eigenvalue weighted by molar-refractivity contribution is -0.0439. The fourth-order valence-electron chi connectivity index (χ4n) is 1.31. The molecule has 0 spiro atoms. The maximum Gasteiger partial charge on any atom is 0.503 e. The van der Waals surface area contributed by atoms with Gasteiger partial charge in [0.05, 0.1) is 0 Å². The maximum atomic E-state index is 12.4. The molecule has 1 heterocycles. The number of halogens is 3. The first-order valence-electron chi connectivity index (χ1n) is 4.98. The van der Waals surface area contributed by atoms with E-state index in [1.807, 2.05) is 0 Å². The molecule has 0 saturated heterocycles. The molecular weight excluding hydrogens is 273 g/mol. The molecule has 104 valence electrons. The molecule has 0 aliphatic rings. The van der Waals surface area contributed by atoms with Gasteiger partial charge >= 0.3 is 5.51 Å². The van der Waals surface area contributed by atoms with Crippen LogP contribution in [-0.4, -0.2) is 44.6 Å². The second kappa shape index (κ2) is 4.88. The first kappa shape index (κ1) is 15.0. The van der Waals surface area contributed by atoms with Crippen LogP contribution in [0.25, 0.3) is 0 Å². The van der Waals surface area contributed by atoms with Crippen LogP contribution in [0.2, 0.25) is 0 Å². The molecule has 0 fully saturated rings. The lowest BCUT2D eigenvalue weighted by atomic mass is 10.2. The van der Waals surface area contributed by atoms with Gasteiger partial charge in [-0.05, 0) is 27.4 Å². The van der Waals surface area contributed by atoms with E-state index < -0.39 is 20.4 Å². The number of nitrogens with zero attached hydrogens (tertiary/aromatic N) is 2. The van der Waals surface area contributed by atoms with E-state index in [2.05, 4.69) is 9.68 Å². The van der Waals surface area contributed by atoms with Gasteiger partial charge in [-0.15, -0.1) is 0 Å². The van der Waals surface area contributed by atoms with Gasteiger partial charge in [-0.25, -0.2) is 8.42 Å². The second-order valence-electron chi connectivity index (χ2n) is 4.02. The monoisotopic (exact) mass is 286 g/mol. The fraction of sp³-hybridized carbons (Fsp3) is 0.667. The summed E-state index contributed by atoms with van der Waals surface area (Å²) in [7, 11) is -2.01. The molecule has 5 nitrogen and oxygen atoms in total. The Morgan fingerprint density at radius 2 is 1.89 bits per heavy atom. The van der Waals surface area contributed by atoms with Crippen molar-refractivity contribution in [3.63, 3.8) is 0 Å². The topological polar surface area (TPSA) is 63.4 Å². The predicted molar refractivity (Wildman–Crippen MR) is 56.7 cm³/mol. The summed E-state index contributed by atoms with van der Waals surface area (Å²) in [6.07, 6.45) is 0.118. The first-order valence-corrected chi connectivity index (χ1v) is 6.47. The van der Waals surface area contributed by atoms with Crippen molar-refractivity contribution in [3.8, 4) is 0 Å². The summed E-state index contributed by atoms with van der Waals surface area (Å²) in [6.45, 7) is 1.77. The van der Waals surface area contributed by atoms with Gasteiger partial charge in [0, 0.05) is 12.1 Å². The number of hydrogen-bond acceptors (Lipinski definition) is 5. The third-order valence-electron chi connectivity index (χ3n) is 2.32. The highest BCUT2D eigenvalue weighted by atomic mass is 32.2. The fourth-order valence-corrected chi connectivity index (χ4v) is 2.23. The average Bonchev–Trinajstić information content (AvgIpc) is 2.55. The van der Waals surface area contributed by atoms with Crippen molar-refractivity contribution < 1.29 is 26.1 Å². The zero-order valence-corrected chi connectivity index (χ0v) is 10.9. The van der Waals surface area contributed by atoms with Gasteiger partial charge in [-0.2, -0.15) is 13.2 Å². The molecule has 18 heavy (non-hydrogen) atoms. The summed E-state index contributed by atoms with van der Waals surface area (Å²) in [5.74, 6) is 0.0830. The molecule has 0 aromatic carbocycles. The Hall–Kier alpha value is -1.09. The Balaban J connectivity index is 3.19. The van der Waals surface area contributed by atoms with Gasteiger partial charge in [0.15, 0.2) is 0 Å². The zero-order valence-electron chi connectivity index (χ0n) is 10.1. The Kier molecular flexibility index (Phi) is 4.06. The number of hydrogen-bond donors (Lipinski definition) is 0. The van der Waals surface area contributed by atoms with E-state index in [4.69, 9.17) is 0 Å². The normalized spacial score (nSPS) is 13.3. The zero-order chi connectivity index (χ0) is 14.1. The number of alkyl halides is 3. The Morgan fingerprint density at radius 3 is 2.33 bits per heavy atom. The van der Waals surface area contributed by atoms with Crippen LogP contribution in [0.4, 0.5) is 13.2 Å². The molecule has 0 radical (unpaired) electrons. The number of aromatic nitrogens is 1. The van der Waals surface area contributed by atoms with E-state index in [1.54, 1.807) is 19.0 Å². The first-order chi connectivity index (χ1) is 8.07. The molecule has 0 saturated carbocycles. The molecule has 0 aliphatic carbocycles. The lowest BCUT2D eigenvalue weighted by Gasteiger charge is -2.10. The van der Waals surface area contributed by atoms with Gasteiger partial charge in [-0.3, -0.25) is 0 Å². The molecule has 0 amide bonds. The van der Waals surface area contributed by atoms with Gasteiger partial charge in [-0.1, -0.05) is 5.16 Å². The quantitative estimate of drug-likeness (QED) is 0.836. The van der Waals surface area contributed by atoms with Gasteiger partial charge in [0.1, 0.15) is 5.76 Å². The highest BCUT2D eigenvalue weighted by molar-refractivity contribution is 7.92. The van der Waals surface area contributed by atoms with Crippen molar-refractivity contribution >= 4 is 9.84 Å². The summed E-state index contributed by atoms with van der Waals surface area (Å²) in [4.78, 5) is 1.72. The lowest BCUT2D eigenvalue weighted by Crippen LogP contribution is -2.25. The summed E-state index contributed by atoms with van der Waals surface area (Å²) in [5.41, 5.74) is -5.40. The van der Waals surface area contributed by atoms with Crippen LogP contribution in [0.5, 0.6) is 0 Å². The van der Waals surface area contributed by atoms with Crippen LogP contribution in [0.3, 0.4) is 0 Å². The standard InChI is InChI=1S/C9H13F3N2O3S/c1-6-7(4-5-14(2)3)8(13-17-6)18(15,16)9(10,11)12/h4-5H2,1-3H3. The highest BCUT2D eigenvalue weighted by Gasteiger charge is 2.50. The summed E-state index contributed by atoms with van der Waals surface area (Å²) >= 11 is 0. The van der Waals surface area contributed by atoms with Gasteiger partial charge in [0.2, 0.25) is 5.03 Å². The third-order valence-corrected chi connectivity index (χ3v) is 3.76. The molecule has 0 atom stereocenters. The number of aryl methyl sites for hydroxylation is 1. The summed E-state index contributed by atoms with van der Waals surface area (Å²) < 4.78 is 64.4. The largest absolute Gasteiger partial charge is 0.503 e. The summed E-state index contributed by atoms with van der Waals surface area (Å²) in [6, 6.07) is 0. The van der Waals surface area contributed by atoms with E-state index in [1.165, 1.54) is 6.92 Å². The van der Waals surface area contributed by atoms with E-state index in [-0.39, 0.29) is 17.7 Å². The second-order valence-corrected chi connectivity index (χ2v) is 5.88. The smallest absolute Gasteiger partial charge is 0.360 e. The van der Waals surface area contributed by atoms with Gasteiger partial charge < -0.3 is 9.42 Å². The van der Waals surface area contributed by atoms with Crippen molar-refractivity contribution in [1.82, 2.24) is 10.1 Å². The number of likely N-dealkylation sites (N-methyl/N-ethyl adjacent to an activating group) is 1. The van der Waals surface area contributed by atoms with Crippen LogP contribution in [0, 0.1) is 6.92 Å². The molecule has 0 N–H and O–H groups in total. The summed E-state index contributed by atoms with van der Waals surface area (Å²) in [5, 5.41) is 2.00. The highest BCUT2D eigenvalue weighted by Crippen LogP contribution is 2.32. The number of sulfone groups is 1. The van der Waals surface area contributed by atoms with Crippen LogP contribution in [-0.2, 0) is 16.3 Å². The van der Waals surface area contributed by atoms with Crippen molar-refractivity contribution in [3.05, 3.63) is 11.3 Å². The minimum absolute atomic E-state index is 0.0268. The SMILES string of the molecule is Cc1onc(S(=O)(=O)C(F)(F)F)c1CCN(C)C. The van der Waals surface area contributed by atoms with E-state index in [0.717, 1.165) is 0 Å². The van der Waals surface area contributed by atoms with Crippen molar-refractivity contribution in [1.29, 1.82) is 0 Å². The molecule has 0 bridgehead atoms. The third kappa shape index (κ3) is 2.83. The van der Waals surface area contributed by atoms with Crippen molar-refractivity contribution in [2.24, 2.45) is 0 Å². The van der Waals surface area contributed by atoms with Crippen molar-refractivity contribution in [2.75, 3.05) is 20.6 Å². The number of rotatable bonds is 4. The molecule has 0 unspecified atom stereocenters. The molecular formula is C9H13F3N2O3S. The Bertz CT molecular complexity index is 520. The minimum atomic E-state index is -5.46. The minimum Gasteiger partial charge on any atom is -0.360 e. The van der Waals surface area contributed by atoms with E-state index in [0.29, 0.717) is 6.54 Å². The maximum absolute atomic E-state index is 12.4. The van der Waals surface area contributed by atoms with Crippen LogP contribution >= 0.6 is 0 Å². The molecule has 1 aromatic rings. The van der Waals surface area contributed by atoms with E-state index in [9.17, 15) is 21.6 Å². The molecule has 1 aromatic heterocycles. The predicted octanol–water partition coefficient (Wildman–Crippen LogP) is 1.38. The Labute approximate surface area is 102 Å². The molecule has 0 aliphatic heterocycles. The average molecular weight is 286 g/mol. The molecule has 1 rings (SSSR count). The Morgan fingerprint density at radius 1 is 1.33 bits per heavy atom. The van der Waals surface area contributed by atoms with Crippen LogP contribution in [0.1, 0.15) is 11.3 Å². The van der Waals surface area contributed by atoms with E-state index >= 15 is 0 Å². The van der Waals surface area contributed by atoms with Crippen LogP contribution < -0.4 is 0 Å². The molecule has 9 heteroatoms. The van der Waals surface area contributed by atoms with Crippen LogP contribution in [0.15, 0.2) is 9.55 Å². The van der Waals surface area contributed by atoms with Gasteiger partial charge in [0.25, 0.3) is 9.84 Å².